The third kappa shape index (κ3) is 5.87. The SMILES string of the molecule is O=C(CCc1cc(Cl)cc(Cl)c1)NC(Cc1ccccc1)C(=O)O. The molecular formula is C18H17Cl2NO3. The number of aliphatic carboxylic acids is 1. The molecule has 0 saturated heterocycles. The topological polar surface area (TPSA) is 66.4 Å². The molecule has 0 bridgehead atoms. The zero-order chi connectivity index (χ0) is 17.5. The molecule has 0 heterocycles. The lowest BCUT2D eigenvalue weighted by atomic mass is 10.1. The summed E-state index contributed by atoms with van der Waals surface area (Å²) in [6.45, 7) is 0. The van der Waals surface area contributed by atoms with Crippen LogP contribution in [-0.4, -0.2) is 23.0 Å². The first-order valence-electron chi connectivity index (χ1n) is 7.45. The number of rotatable bonds is 7. The van der Waals surface area contributed by atoms with Gasteiger partial charge < -0.3 is 10.4 Å². The van der Waals surface area contributed by atoms with Gasteiger partial charge in [0.25, 0.3) is 0 Å². The predicted octanol–water partition coefficient (Wildman–Crippen LogP) is 3.74. The van der Waals surface area contributed by atoms with Crippen molar-refractivity contribution in [3.8, 4) is 0 Å². The molecule has 0 aliphatic rings. The van der Waals surface area contributed by atoms with Crippen molar-refractivity contribution >= 4 is 35.1 Å². The molecule has 0 saturated carbocycles. The van der Waals surface area contributed by atoms with Gasteiger partial charge in [0.2, 0.25) is 5.91 Å². The number of carbonyl (C=O) groups excluding carboxylic acids is 1. The Kier molecular flexibility index (Phi) is 6.64. The fourth-order valence-electron chi connectivity index (χ4n) is 2.33. The van der Waals surface area contributed by atoms with Gasteiger partial charge in [-0.1, -0.05) is 53.5 Å². The molecule has 0 spiro atoms. The van der Waals surface area contributed by atoms with Crippen LogP contribution in [0.2, 0.25) is 10.0 Å². The second-order valence-electron chi connectivity index (χ2n) is 5.43. The van der Waals surface area contributed by atoms with Gasteiger partial charge >= 0.3 is 5.97 Å². The molecule has 24 heavy (non-hydrogen) atoms. The van der Waals surface area contributed by atoms with Crippen LogP contribution in [0, 0.1) is 0 Å². The molecule has 6 heteroatoms. The summed E-state index contributed by atoms with van der Waals surface area (Å²) in [5.41, 5.74) is 1.68. The number of carboxylic acids is 1. The quantitative estimate of drug-likeness (QED) is 0.785. The van der Waals surface area contributed by atoms with Crippen LogP contribution in [0.15, 0.2) is 48.5 Å². The minimum atomic E-state index is -1.06. The summed E-state index contributed by atoms with van der Waals surface area (Å²) in [4.78, 5) is 23.4. The van der Waals surface area contributed by atoms with Crippen molar-refractivity contribution in [2.45, 2.75) is 25.3 Å². The van der Waals surface area contributed by atoms with Crippen LogP contribution in [0.25, 0.3) is 0 Å². The van der Waals surface area contributed by atoms with Crippen LogP contribution in [0.5, 0.6) is 0 Å². The number of hydrogen-bond donors (Lipinski definition) is 2. The third-order valence-electron chi connectivity index (χ3n) is 3.48. The van der Waals surface area contributed by atoms with Crippen molar-refractivity contribution in [1.82, 2.24) is 5.32 Å². The van der Waals surface area contributed by atoms with Gasteiger partial charge in [-0.05, 0) is 35.7 Å². The normalized spacial score (nSPS) is 11.8. The zero-order valence-corrected chi connectivity index (χ0v) is 14.3. The van der Waals surface area contributed by atoms with E-state index in [0.29, 0.717) is 16.5 Å². The van der Waals surface area contributed by atoms with Crippen molar-refractivity contribution in [2.24, 2.45) is 0 Å². The van der Waals surface area contributed by atoms with E-state index < -0.39 is 12.0 Å². The third-order valence-corrected chi connectivity index (χ3v) is 3.92. The van der Waals surface area contributed by atoms with Crippen LogP contribution in [-0.2, 0) is 22.4 Å². The first-order chi connectivity index (χ1) is 11.4. The van der Waals surface area contributed by atoms with E-state index in [0.717, 1.165) is 11.1 Å². The minimum Gasteiger partial charge on any atom is -0.480 e. The summed E-state index contributed by atoms with van der Waals surface area (Å²) in [6, 6.07) is 13.3. The second kappa shape index (κ2) is 8.71. The molecule has 1 unspecified atom stereocenters. The number of amides is 1. The molecule has 1 atom stereocenters. The molecule has 2 aromatic rings. The van der Waals surface area contributed by atoms with Crippen molar-refractivity contribution in [2.75, 3.05) is 0 Å². The van der Waals surface area contributed by atoms with Gasteiger partial charge in [0.05, 0.1) is 0 Å². The van der Waals surface area contributed by atoms with Crippen molar-refractivity contribution in [3.05, 3.63) is 69.7 Å². The molecule has 2 rings (SSSR count). The zero-order valence-electron chi connectivity index (χ0n) is 12.8. The van der Waals surface area contributed by atoms with Crippen molar-refractivity contribution in [1.29, 1.82) is 0 Å². The average Bonchev–Trinajstić information content (AvgIpc) is 2.52. The summed E-state index contributed by atoms with van der Waals surface area (Å²) in [5, 5.41) is 12.9. The van der Waals surface area contributed by atoms with E-state index in [1.165, 1.54) is 0 Å². The molecule has 126 valence electrons. The van der Waals surface area contributed by atoms with E-state index in [1.807, 2.05) is 30.3 Å². The Balaban J connectivity index is 1.92. The minimum absolute atomic E-state index is 0.162. The second-order valence-corrected chi connectivity index (χ2v) is 6.30. The van der Waals surface area contributed by atoms with Crippen LogP contribution in [0.1, 0.15) is 17.5 Å². The van der Waals surface area contributed by atoms with Crippen LogP contribution >= 0.6 is 23.2 Å². The highest BCUT2D eigenvalue weighted by Crippen LogP contribution is 2.20. The Morgan fingerprint density at radius 2 is 1.62 bits per heavy atom. The van der Waals surface area contributed by atoms with Crippen LogP contribution < -0.4 is 5.32 Å². The lowest BCUT2D eigenvalue weighted by molar-refractivity contribution is -0.141. The number of carbonyl (C=O) groups is 2. The van der Waals surface area contributed by atoms with Gasteiger partial charge in [-0.2, -0.15) is 0 Å². The average molecular weight is 366 g/mol. The maximum absolute atomic E-state index is 12.1. The fraction of sp³-hybridized carbons (Fsp3) is 0.222. The number of aryl methyl sites for hydroxylation is 1. The summed E-state index contributed by atoms with van der Waals surface area (Å²) >= 11 is 11.8. The lowest BCUT2D eigenvalue weighted by Crippen LogP contribution is -2.42. The summed E-state index contributed by atoms with van der Waals surface area (Å²) in [7, 11) is 0. The molecule has 0 fully saturated rings. The van der Waals surface area contributed by atoms with E-state index in [9.17, 15) is 14.7 Å². The van der Waals surface area contributed by atoms with E-state index in [4.69, 9.17) is 23.2 Å². The van der Waals surface area contributed by atoms with Gasteiger partial charge in [0, 0.05) is 22.9 Å². The molecule has 4 nitrogen and oxygen atoms in total. The van der Waals surface area contributed by atoms with E-state index >= 15 is 0 Å². The monoisotopic (exact) mass is 365 g/mol. The van der Waals surface area contributed by atoms with Crippen molar-refractivity contribution < 1.29 is 14.7 Å². The Morgan fingerprint density at radius 3 is 2.21 bits per heavy atom. The Labute approximate surface area is 150 Å². The lowest BCUT2D eigenvalue weighted by Gasteiger charge is -2.14. The van der Waals surface area contributed by atoms with Gasteiger partial charge in [-0.25, -0.2) is 4.79 Å². The van der Waals surface area contributed by atoms with Crippen LogP contribution in [0.4, 0.5) is 0 Å². The van der Waals surface area contributed by atoms with E-state index in [-0.39, 0.29) is 18.7 Å². The Bertz CT molecular complexity index is 699. The maximum atomic E-state index is 12.1. The van der Waals surface area contributed by atoms with Gasteiger partial charge in [0.1, 0.15) is 6.04 Å². The molecule has 2 N–H and O–H groups in total. The highest BCUT2D eigenvalue weighted by Gasteiger charge is 2.20. The van der Waals surface area contributed by atoms with E-state index in [2.05, 4.69) is 5.32 Å². The molecular weight excluding hydrogens is 349 g/mol. The van der Waals surface area contributed by atoms with Crippen LogP contribution in [0.3, 0.4) is 0 Å². The van der Waals surface area contributed by atoms with E-state index in [1.54, 1.807) is 18.2 Å². The summed E-state index contributed by atoms with van der Waals surface area (Å²) in [6.07, 6.45) is 0.837. The number of benzene rings is 2. The maximum Gasteiger partial charge on any atom is 0.326 e. The summed E-state index contributed by atoms with van der Waals surface area (Å²) in [5.74, 6) is -1.38. The standard InChI is InChI=1S/C18H17Cl2NO3/c19-14-8-13(9-15(20)11-14)6-7-17(22)21-16(18(23)24)10-12-4-2-1-3-5-12/h1-5,8-9,11,16H,6-7,10H2,(H,21,22)(H,23,24). The predicted molar refractivity (Wildman–Crippen MR) is 94.5 cm³/mol. The largest absolute Gasteiger partial charge is 0.480 e. The number of carboxylic acid groups (broad SMARTS) is 1. The van der Waals surface area contributed by atoms with Gasteiger partial charge in [-0.15, -0.1) is 0 Å². The molecule has 0 radical (unpaired) electrons. The first kappa shape index (κ1) is 18.3. The van der Waals surface area contributed by atoms with Gasteiger partial charge in [0.15, 0.2) is 0 Å². The fourth-order valence-corrected chi connectivity index (χ4v) is 2.90. The number of hydrogen-bond acceptors (Lipinski definition) is 2. The first-order valence-corrected chi connectivity index (χ1v) is 8.20. The smallest absolute Gasteiger partial charge is 0.326 e. The Hall–Kier alpha value is -2.04. The Morgan fingerprint density at radius 1 is 1.00 bits per heavy atom. The highest BCUT2D eigenvalue weighted by atomic mass is 35.5. The molecule has 1 amide bonds. The molecule has 0 aromatic heterocycles. The molecule has 0 aliphatic heterocycles. The molecule has 0 aliphatic carbocycles. The van der Waals surface area contributed by atoms with Gasteiger partial charge in [-0.3, -0.25) is 4.79 Å². The summed E-state index contributed by atoms with van der Waals surface area (Å²) < 4.78 is 0. The number of nitrogens with one attached hydrogen (secondary N) is 1. The van der Waals surface area contributed by atoms with Crippen molar-refractivity contribution in [3.63, 3.8) is 0 Å². The molecule has 2 aromatic carbocycles. The highest BCUT2D eigenvalue weighted by molar-refractivity contribution is 6.34. The number of halogens is 2.